The third-order valence-corrected chi connectivity index (χ3v) is 5.48. The number of aryl methyl sites for hydroxylation is 1. The number of benzene rings is 2. The van der Waals surface area contributed by atoms with E-state index in [4.69, 9.17) is 10.8 Å². The Bertz CT molecular complexity index is 1050. The number of carboxylic acids is 1. The van der Waals surface area contributed by atoms with Gasteiger partial charge in [-0.25, -0.2) is 9.69 Å². The van der Waals surface area contributed by atoms with Crippen LogP contribution in [0.1, 0.15) is 34.8 Å². The Kier molecular flexibility index (Phi) is 6.31. The van der Waals surface area contributed by atoms with Gasteiger partial charge in [-0.1, -0.05) is 41.6 Å². The van der Waals surface area contributed by atoms with Gasteiger partial charge in [-0.15, -0.1) is 5.10 Å². The summed E-state index contributed by atoms with van der Waals surface area (Å²) in [5, 5.41) is 16.4. The number of hydrogen-bond acceptors (Lipinski definition) is 6. The van der Waals surface area contributed by atoms with Crippen molar-refractivity contribution in [2.24, 2.45) is 15.9 Å². The molecular formula is C21H20N4O4S. The molecule has 3 rings (SSSR count). The van der Waals surface area contributed by atoms with E-state index < -0.39 is 17.1 Å². The molecule has 0 spiro atoms. The molecule has 3 N–H and O–H groups in total. The van der Waals surface area contributed by atoms with Gasteiger partial charge in [0.15, 0.2) is 5.17 Å². The summed E-state index contributed by atoms with van der Waals surface area (Å²) in [4.78, 5) is 37.0. The molecule has 1 aliphatic rings. The third-order valence-electron chi connectivity index (χ3n) is 4.51. The van der Waals surface area contributed by atoms with Crippen LogP contribution in [0, 0.1) is 6.92 Å². The molecule has 1 aliphatic heterocycles. The lowest BCUT2D eigenvalue weighted by atomic mass is 10.1. The Balaban J connectivity index is 1.69. The minimum absolute atomic E-state index is 0.0267. The van der Waals surface area contributed by atoms with Crippen molar-refractivity contribution in [1.29, 1.82) is 0 Å². The second-order valence-electron chi connectivity index (χ2n) is 6.72. The number of carbonyl (C=O) groups excluding carboxylic acids is 2. The van der Waals surface area contributed by atoms with Gasteiger partial charge in [-0.05, 0) is 43.7 Å². The summed E-state index contributed by atoms with van der Waals surface area (Å²) in [6, 6.07) is 13.3. The predicted octanol–water partition coefficient (Wildman–Crippen LogP) is 2.80. The van der Waals surface area contributed by atoms with E-state index in [9.17, 15) is 14.4 Å². The monoisotopic (exact) mass is 424 g/mol. The molecule has 2 amide bonds. The maximum Gasteiger partial charge on any atom is 0.335 e. The van der Waals surface area contributed by atoms with Crippen molar-refractivity contribution in [3.05, 3.63) is 65.2 Å². The number of thioether (sulfide) groups is 1. The van der Waals surface area contributed by atoms with Crippen LogP contribution in [0.3, 0.4) is 0 Å². The number of rotatable bonds is 5. The maximum absolute atomic E-state index is 12.7. The Labute approximate surface area is 177 Å². The number of carbonyl (C=O) groups is 3. The second kappa shape index (κ2) is 8.91. The highest BCUT2D eigenvalue weighted by molar-refractivity contribution is 8.14. The van der Waals surface area contributed by atoms with Crippen LogP contribution in [0.4, 0.5) is 5.69 Å². The minimum Gasteiger partial charge on any atom is -0.478 e. The van der Waals surface area contributed by atoms with Gasteiger partial charge in [-0.2, -0.15) is 5.10 Å². The van der Waals surface area contributed by atoms with Crippen molar-refractivity contribution < 1.29 is 19.5 Å². The Morgan fingerprint density at radius 1 is 1.07 bits per heavy atom. The number of nitrogens with zero attached hydrogens (tertiary/aromatic N) is 3. The highest BCUT2D eigenvalue weighted by Gasteiger charge is 2.40. The molecule has 30 heavy (non-hydrogen) atoms. The number of amides is 2. The first-order valence-electron chi connectivity index (χ1n) is 9.08. The molecule has 0 aromatic heterocycles. The number of amidine groups is 1. The van der Waals surface area contributed by atoms with Crippen molar-refractivity contribution in [3.63, 3.8) is 0 Å². The van der Waals surface area contributed by atoms with Crippen molar-refractivity contribution >= 4 is 46.1 Å². The normalized spacial score (nSPS) is 17.5. The predicted molar refractivity (Wildman–Crippen MR) is 117 cm³/mol. The number of carboxylic acid groups (broad SMARTS) is 1. The maximum atomic E-state index is 12.7. The topological polar surface area (TPSA) is 125 Å². The largest absolute Gasteiger partial charge is 0.478 e. The van der Waals surface area contributed by atoms with Crippen LogP contribution in [0.2, 0.25) is 0 Å². The number of hydrogen-bond donors (Lipinski definition) is 2. The molecule has 2 aromatic carbocycles. The first-order chi connectivity index (χ1) is 14.3. The van der Waals surface area contributed by atoms with E-state index in [-0.39, 0.29) is 23.1 Å². The molecule has 154 valence electrons. The zero-order chi connectivity index (χ0) is 21.8. The molecule has 9 heteroatoms. The van der Waals surface area contributed by atoms with Gasteiger partial charge >= 0.3 is 5.97 Å². The zero-order valence-electron chi connectivity index (χ0n) is 16.4. The summed E-state index contributed by atoms with van der Waals surface area (Å²) in [5.41, 5.74) is 9.02. The Hall–Kier alpha value is -3.46. The number of anilines is 1. The van der Waals surface area contributed by atoms with Crippen molar-refractivity contribution in [2.45, 2.75) is 25.5 Å². The molecule has 1 unspecified atom stereocenters. The summed E-state index contributed by atoms with van der Waals surface area (Å²) < 4.78 is 0. The van der Waals surface area contributed by atoms with Gasteiger partial charge in [0.05, 0.1) is 17.0 Å². The quantitative estimate of drug-likeness (QED) is 0.329. The lowest BCUT2D eigenvalue weighted by Gasteiger charge is -2.14. The van der Waals surface area contributed by atoms with Crippen LogP contribution >= 0.6 is 11.8 Å². The molecule has 0 saturated carbocycles. The molecule has 1 heterocycles. The van der Waals surface area contributed by atoms with E-state index in [0.29, 0.717) is 11.4 Å². The van der Waals surface area contributed by atoms with Gasteiger partial charge in [0.1, 0.15) is 5.25 Å². The number of imide groups is 1. The van der Waals surface area contributed by atoms with Crippen LogP contribution in [0.15, 0.2) is 58.7 Å². The average molecular weight is 424 g/mol. The first kappa shape index (κ1) is 21.3. The molecule has 8 nitrogen and oxygen atoms in total. The third kappa shape index (κ3) is 4.74. The average Bonchev–Trinajstić information content (AvgIpc) is 2.99. The van der Waals surface area contributed by atoms with E-state index in [1.54, 1.807) is 6.92 Å². The van der Waals surface area contributed by atoms with Gasteiger partial charge in [0.25, 0.3) is 0 Å². The summed E-state index contributed by atoms with van der Waals surface area (Å²) in [6.07, 6.45) is -0.0267. The Morgan fingerprint density at radius 2 is 1.67 bits per heavy atom. The fourth-order valence-corrected chi connectivity index (χ4v) is 3.68. The second-order valence-corrected chi connectivity index (χ2v) is 7.94. The van der Waals surface area contributed by atoms with E-state index in [1.807, 2.05) is 31.2 Å². The van der Waals surface area contributed by atoms with Crippen LogP contribution in [0.25, 0.3) is 0 Å². The molecule has 2 aromatic rings. The molecule has 0 bridgehead atoms. The highest BCUT2D eigenvalue weighted by atomic mass is 32.2. The lowest BCUT2D eigenvalue weighted by molar-refractivity contribution is -0.121. The summed E-state index contributed by atoms with van der Waals surface area (Å²) in [7, 11) is 0. The van der Waals surface area contributed by atoms with Crippen LogP contribution < -0.4 is 10.6 Å². The minimum atomic E-state index is -1.08. The van der Waals surface area contributed by atoms with Crippen molar-refractivity contribution in [3.8, 4) is 0 Å². The van der Waals surface area contributed by atoms with Crippen molar-refractivity contribution in [2.75, 3.05) is 4.90 Å². The molecular weight excluding hydrogens is 404 g/mol. The van der Waals surface area contributed by atoms with E-state index in [0.717, 1.165) is 27.8 Å². The van der Waals surface area contributed by atoms with E-state index in [1.165, 1.54) is 24.3 Å². The van der Waals surface area contributed by atoms with E-state index >= 15 is 0 Å². The fourth-order valence-electron chi connectivity index (χ4n) is 2.87. The summed E-state index contributed by atoms with van der Waals surface area (Å²) >= 11 is 0.980. The van der Waals surface area contributed by atoms with E-state index in [2.05, 4.69) is 10.2 Å². The molecule has 1 saturated heterocycles. The van der Waals surface area contributed by atoms with Gasteiger partial charge in [0, 0.05) is 6.42 Å². The Morgan fingerprint density at radius 3 is 2.27 bits per heavy atom. The molecule has 0 aliphatic carbocycles. The van der Waals surface area contributed by atoms with Gasteiger partial charge in [0.2, 0.25) is 11.8 Å². The van der Waals surface area contributed by atoms with Crippen LogP contribution in [-0.4, -0.2) is 39.0 Å². The van der Waals surface area contributed by atoms with Crippen LogP contribution in [-0.2, 0) is 9.59 Å². The highest BCUT2D eigenvalue weighted by Crippen LogP contribution is 2.30. The number of nitrogens with two attached hydrogens (primary N) is 1. The first-order valence-corrected chi connectivity index (χ1v) is 9.96. The fraction of sp³-hybridized carbons (Fsp3) is 0.190. The standard InChI is InChI=1S/C21H20N4O4S/c1-12-3-5-14(6-4-12)13(2)23-24-21(22)30-17-11-18(26)25(19(17)27)16-9-7-15(8-10-16)20(28)29/h3-10,17H,11H2,1-2H3,(H2,22,24)(H,28,29). The number of aromatic carboxylic acids is 1. The van der Waals surface area contributed by atoms with Crippen molar-refractivity contribution in [1.82, 2.24) is 0 Å². The molecule has 0 radical (unpaired) electrons. The zero-order valence-corrected chi connectivity index (χ0v) is 17.2. The van der Waals surface area contributed by atoms with Crippen LogP contribution in [0.5, 0.6) is 0 Å². The summed E-state index contributed by atoms with van der Waals surface area (Å²) in [5.74, 6) is -1.89. The SMILES string of the molecule is CC(=NN=C(N)SC1CC(=O)N(c2ccc(C(=O)O)cc2)C1=O)c1ccc(C)cc1. The summed E-state index contributed by atoms with van der Waals surface area (Å²) in [6.45, 7) is 3.80. The molecule has 1 atom stereocenters. The smallest absolute Gasteiger partial charge is 0.335 e. The lowest BCUT2D eigenvalue weighted by Crippen LogP contribution is -2.31. The van der Waals surface area contributed by atoms with Gasteiger partial charge in [-0.3, -0.25) is 9.59 Å². The van der Waals surface area contributed by atoms with Gasteiger partial charge < -0.3 is 10.8 Å². The molecule has 1 fully saturated rings.